The van der Waals surface area contributed by atoms with Crippen molar-refractivity contribution in [3.8, 4) is 0 Å². The summed E-state index contributed by atoms with van der Waals surface area (Å²) in [4.78, 5) is 14.5. The number of nitrogens with one attached hydrogen (secondary N) is 1. The Hall–Kier alpha value is -0.990. The molecule has 0 amide bonds. The zero-order valence-electron chi connectivity index (χ0n) is 10.5. The molecule has 0 aromatic carbocycles. The maximum Gasteiger partial charge on any atom is 0.356 e. The first-order valence-electron chi connectivity index (χ1n) is 6.13. The summed E-state index contributed by atoms with van der Waals surface area (Å²) >= 11 is 0.829. The van der Waals surface area contributed by atoms with Gasteiger partial charge in [0.2, 0.25) is 0 Å². The van der Waals surface area contributed by atoms with Crippen LogP contribution in [0.3, 0.4) is 0 Å². The molecule has 0 bridgehead atoms. The summed E-state index contributed by atoms with van der Waals surface area (Å²) in [6.07, 6.45) is 3.81. The van der Waals surface area contributed by atoms with Gasteiger partial charge in [-0.1, -0.05) is 19.8 Å². The minimum atomic E-state index is -3.80. The van der Waals surface area contributed by atoms with E-state index in [9.17, 15) is 13.2 Å². The lowest BCUT2D eigenvalue weighted by Crippen LogP contribution is -2.35. The summed E-state index contributed by atoms with van der Waals surface area (Å²) in [5, 5.41) is 8.92. The molecule has 1 saturated carbocycles. The Kier molecular flexibility index (Phi) is 4.22. The van der Waals surface area contributed by atoms with E-state index in [1.165, 1.54) is 5.51 Å². The van der Waals surface area contributed by atoms with Crippen LogP contribution < -0.4 is 4.72 Å². The lowest BCUT2D eigenvalue weighted by atomic mass is 10.1. The van der Waals surface area contributed by atoms with Crippen LogP contribution in [0.1, 0.15) is 43.1 Å². The van der Waals surface area contributed by atoms with Gasteiger partial charge in [0, 0.05) is 6.04 Å². The number of rotatable bonds is 7. The van der Waals surface area contributed by atoms with E-state index < -0.39 is 21.7 Å². The van der Waals surface area contributed by atoms with Crippen molar-refractivity contribution in [3.05, 3.63) is 11.2 Å². The molecule has 0 radical (unpaired) electrons. The molecule has 1 atom stereocenters. The minimum Gasteiger partial charge on any atom is -0.476 e. The molecule has 2 N–H and O–H groups in total. The molecule has 0 aliphatic heterocycles. The fourth-order valence-electron chi connectivity index (χ4n) is 1.90. The number of carbonyl (C=O) groups is 1. The molecule has 106 valence electrons. The van der Waals surface area contributed by atoms with Gasteiger partial charge in [-0.15, -0.1) is 11.3 Å². The van der Waals surface area contributed by atoms with Crippen LogP contribution in [0.4, 0.5) is 0 Å². The van der Waals surface area contributed by atoms with Gasteiger partial charge >= 0.3 is 5.97 Å². The van der Waals surface area contributed by atoms with Crippen LogP contribution in [-0.2, 0) is 10.0 Å². The standard InChI is InChI=1S/C11H16N2O4S2/c1-2-8(5-7-3-4-7)13-19(16,17)11-9(10(14)15)12-6-18-11/h6-8,13H,2-5H2,1H3,(H,14,15). The Morgan fingerprint density at radius 1 is 1.63 bits per heavy atom. The molecular weight excluding hydrogens is 288 g/mol. The molecule has 1 aliphatic carbocycles. The Bertz CT molecular complexity index is 563. The van der Waals surface area contributed by atoms with E-state index in [2.05, 4.69) is 9.71 Å². The molecule has 0 saturated heterocycles. The molecule has 1 heterocycles. The second-order valence-corrected chi connectivity index (χ2v) is 7.46. The highest BCUT2D eigenvalue weighted by Gasteiger charge is 2.30. The fraction of sp³-hybridized carbons (Fsp3) is 0.636. The first-order chi connectivity index (χ1) is 8.94. The van der Waals surface area contributed by atoms with Crippen molar-refractivity contribution in [1.82, 2.24) is 9.71 Å². The fourth-order valence-corrected chi connectivity index (χ4v) is 4.38. The van der Waals surface area contributed by atoms with E-state index in [1.54, 1.807) is 0 Å². The summed E-state index contributed by atoms with van der Waals surface area (Å²) in [6, 6.07) is -0.138. The highest BCUT2D eigenvalue weighted by Crippen LogP contribution is 2.34. The molecule has 19 heavy (non-hydrogen) atoms. The average Bonchev–Trinajstić information content (AvgIpc) is 2.99. The van der Waals surface area contributed by atoms with Crippen molar-refractivity contribution in [3.63, 3.8) is 0 Å². The van der Waals surface area contributed by atoms with Gasteiger partial charge in [-0.25, -0.2) is 22.9 Å². The van der Waals surface area contributed by atoms with Crippen LogP contribution in [0.5, 0.6) is 0 Å². The number of hydrogen-bond donors (Lipinski definition) is 2. The second-order valence-electron chi connectivity index (χ2n) is 4.70. The van der Waals surface area contributed by atoms with Crippen LogP contribution in [-0.4, -0.2) is 30.5 Å². The van der Waals surface area contributed by atoms with Crippen LogP contribution in [0.15, 0.2) is 9.72 Å². The van der Waals surface area contributed by atoms with E-state index in [-0.39, 0.29) is 10.3 Å². The van der Waals surface area contributed by atoms with E-state index in [1.807, 2.05) is 6.92 Å². The van der Waals surface area contributed by atoms with Gasteiger partial charge in [-0.2, -0.15) is 0 Å². The third-order valence-corrected chi connectivity index (χ3v) is 6.00. The van der Waals surface area contributed by atoms with E-state index in [0.717, 1.165) is 30.6 Å². The highest BCUT2D eigenvalue weighted by atomic mass is 32.2. The quantitative estimate of drug-likeness (QED) is 0.799. The maximum atomic E-state index is 12.2. The van der Waals surface area contributed by atoms with Crippen LogP contribution in [0.2, 0.25) is 0 Å². The summed E-state index contributed by atoms with van der Waals surface area (Å²) in [5.74, 6) is -0.718. The van der Waals surface area contributed by atoms with Gasteiger partial charge in [-0.05, 0) is 18.8 Å². The summed E-state index contributed by atoms with van der Waals surface area (Å²) in [7, 11) is -3.80. The largest absolute Gasteiger partial charge is 0.476 e. The number of aromatic nitrogens is 1. The van der Waals surface area contributed by atoms with Crippen LogP contribution in [0, 0.1) is 5.92 Å². The Morgan fingerprint density at radius 3 is 2.84 bits per heavy atom. The minimum absolute atomic E-state index is 0.138. The van der Waals surface area contributed by atoms with Gasteiger partial charge in [0.05, 0.1) is 5.51 Å². The van der Waals surface area contributed by atoms with Crippen molar-refractivity contribution < 1.29 is 18.3 Å². The number of nitrogens with zero attached hydrogens (tertiary/aromatic N) is 1. The zero-order chi connectivity index (χ0) is 14.0. The maximum absolute atomic E-state index is 12.2. The molecule has 1 fully saturated rings. The molecule has 2 rings (SSSR count). The van der Waals surface area contributed by atoms with Gasteiger partial charge in [0.15, 0.2) is 9.90 Å². The van der Waals surface area contributed by atoms with Crippen LogP contribution in [0.25, 0.3) is 0 Å². The van der Waals surface area contributed by atoms with E-state index in [4.69, 9.17) is 5.11 Å². The van der Waals surface area contributed by atoms with Gasteiger partial charge in [0.25, 0.3) is 10.0 Å². The summed E-state index contributed by atoms with van der Waals surface area (Å²) in [5.41, 5.74) is 0.832. The van der Waals surface area contributed by atoms with Crippen molar-refractivity contribution in [2.45, 2.75) is 42.9 Å². The molecular formula is C11H16N2O4S2. The highest BCUT2D eigenvalue weighted by molar-refractivity contribution is 7.91. The van der Waals surface area contributed by atoms with Crippen molar-refractivity contribution >= 4 is 27.3 Å². The molecule has 1 aliphatic rings. The predicted octanol–water partition coefficient (Wildman–Crippen LogP) is 1.70. The average molecular weight is 304 g/mol. The first-order valence-corrected chi connectivity index (χ1v) is 8.49. The van der Waals surface area contributed by atoms with Crippen molar-refractivity contribution in [2.24, 2.45) is 5.92 Å². The summed E-state index contributed by atoms with van der Waals surface area (Å²) < 4.78 is 26.7. The molecule has 6 nitrogen and oxygen atoms in total. The third-order valence-electron chi connectivity index (χ3n) is 3.11. The van der Waals surface area contributed by atoms with E-state index >= 15 is 0 Å². The number of thiazole rings is 1. The van der Waals surface area contributed by atoms with Crippen molar-refractivity contribution in [2.75, 3.05) is 0 Å². The molecule has 8 heteroatoms. The first kappa shape index (κ1) is 14.4. The Labute approximate surface area is 115 Å². The molecule has 1 aromatic heterocycles. The SMILES string of the molecule is CCC(CC1CC1)NS(=O)(=O)c1scnc1C(=O)O. The third kappa shape index (κ3) is 3.52. The molecule has 1 unspecified atom stereocenters. The number of carboxylic acid groups (broad SMARTS) is 1. The second kappa shape index (κ2) is 5.56. The number of aromatic carboxylic acids is 1. The van der Waals surface area contributed by atoms with Gasteiger partial charge in [0.1, 0.15) is 0 Å². The van der Waals surface area contributed by atoms with E-state index in [0.29, 0.717) is 12.3 Å². The number of carboxylic acids is 1. The molecule has 0 spiro atoms. The topological polar surface area (TPSA) is 96.4 Å². The van der Waals surface area contributed by atoms with Gasteiger partial charge < -0.3 is 5.11 Å². The Morgan fingerprint density at radius 2 is 2.32 bits per heavy atom. The monoisotopic (exact) mass is 304 g/mol. The van der Waals surface area contributed by atoms with Gasteiger partial charge in [-0.3, -0.25) is 0 Å². The lowest BCUT2D eigenvalue weighted by Gasteiger charge is -2.16. The molecule has 1 aromatic rings. The smallest absolute Gasteiger partial charge is 0.356 e. The lowest BCUT2D eigenvalue weighted by molar-refractivity contribution is 0.0687. The summed E-state index contributed by atoms with van der Waals surface area (Å²) in [6.45, 7) is 1.92. The zero-order valence-corrected chi connectivity index (χ0v) is 12.1. The van der Waals surface area contributed by atoms with Crippen molar-refractivity contribution in [1.29, 1.82) is 0 Å². The number of hydrogen-bond acceptors (Lipinski definition) is 5. The Balaban J connectivity index is 2.16. The number of sulfonamides is 1. The van der Waals surface area contributed by atoms with Crippen LogP contribution >= 0.6 is 11.3 Å². The normalized spacial score (nSPS) is 17.3. The predicted molar refractivity (Wildman–Crippen MR) is 70.8 cm³/mol.